The number of nitrogens with one attached hydrogen (secondary N) is 1. The van der Waals surface area contributed by atoms with Gasteiger partial charge in [-0.05, 0) is 96.7 Å². The zero-order chi connectivity index (χ0) is 33.9. The predicted octanol–water partition coefficient (Wildman–Crippen LogP) is 0.956. The molecule has 238 valence electrons. The quantitative estimate of drug-likeness (QED) is 0.0750. The summed E-state index contributed by atoms with van der Waals surface area (Å²) >= 11 is 0. The molecule has 19 heteroatoms. The molecular formula is C30H20N6Na2O9S2. The molecule has 0 fully saturated rings. The number of non-ortho nitro benzene ring substituents is 1. The molecule has 0 aliphatic carbocycles. The molecule has 0 spiro atoms. The molecule has 49 heavy (non-hydrogen) atoms. The molecule has 0 heterocycles. The Kier molecular flexibility index (Phi) is 13.2. The second-order valence-electron chi connectivity index (χ2n) is 9.91. The Bertz CT molecular complexity index is 2340. The second-order valence-corrected chi connectivity index (χ2v) is 12.6. The monoisotopic (exact) mass is 718 g/mol. The summed E-state index contributed by atoms with van der Waals surface area (Å²) in [5.41, 5.74) is 2.94. The molecule has 5 rings (SSSR count). The van der Waals surface area contributed by atoms with Crippen LogP contribution in [0.3, 0.4) is 0 Å². The van der Waals surface area contributed by atoms with Crippen molar-refractivity contribution in [3.05, 3.63) is 118 Å². The van der Waals surface area contributed by atoms with E-state index in [9.17, 15) is 40.8 Å². The molecule has 0 saturated heterocycles. The van der Waals surface area contributed by atoms with E-state index in [0.29, 0.717) is 28.8 Å². The third-order valence-electron chi connectivity index (χ3n) is 6.63. The number of nitrogens with zero attached hydrogens (tertiary/aromatic N) is 5. The minimum absolute atomic E-state index is 0. The van der Waals surface area contributed by atoms with E-state index in [1.165, 1.54) is 42.5 Å². The zero-order valence-electron chi connectivity index (χ0n) is 26.0. The van der Waals surface area contributed by atoms with Crippen LogP contribution < -0.4 is 64.4 Å². The Morgan fingerprint density at radius 3 is 1.82 bits per heavy atom. The molecule has 0 saturated carbocycles. The summed E-state index contributed by atoms with van der Waals surface area (Å²) in [5, 5.41) is 30.1. The molecule has 0 aliphatic heterocycles. The first-order valence-corrected chi connectivity index (χ1v) is 16.1. The first-order valence-electron chi connectivity index (χ1n) is 13.3. The van der Waals surface area contributed by atoms with E-state index in [2.05, 4.69) is 25.8 Å². The number of rotatable bonds is 9. The Balaban J connectivity index is 0.00000325. The van der Waals surface area contributed by atoms with Crippen molar-refractivity contribution in [3.63, 3.8) is 0 Å². The SMILES string of the molecule is Cc1cc(NC(=O)c2ccc([N+](=O)[O-])cc2)ccc1N=Nc1ccc(N=Nc2ccc3cc(S(=O)(=O)[O-])cc(S(=O)(=O)[O-])c3c2)cc1.[Na+].[Na+]. The van der Waals surface area contributed by atoms with E-state index in [1.807, 2.05) is 0 Å². The molecule has 0 bridgehead atoms. The van der Waals surface area contributed by atoms with E-state index in [-0.39, 0.29) is 86.8 Å². The Hall–Kier alpha value is -3.75. The van der Waals surface area contributed by atoms with E-state index in [0.717, 1.165) is 11.6 Å². The van der Waals surface area contributed by atoms with Crippen molar-refractivity contribution in [3.8, 4) is 0 Å². The summed E-state index contributed by atoms with van der Waals surface area (Å²) in [6.45, 7) is 1.78. The Morgan fingerprint density at radius 1 is 0.694 bits per heavy atom. The second kappa shape index (κ2) is 16.3. The molecular weight excluding hydrogens is 698 g/mol. The van der Waals surface area contributed by atoms with E-state index < -0.39 is 40.9 Å². The standard InChI is InChI=1S/C30H22N6O9S2.2Na/c1-18-14-23(31-30(37)19-3-11-25(12-4-19)36(38)39)10-13-28(18)35-33-22-8-6-21(7-9-22)32-34-24-5-2-20-15-26(46(40,41)42)17-29(27(20)16-24)47(43,44)45;;/h2-17H,1H3,(H,31,37)(H,40,41,42)(H,43,44,45);;/q;2*+1/p-2. The third-order valence-corrected chi connectivity index (χ3v) is 8.32. The summed E-state index contributed by atoms with van der Waals surface area (Å²) in [7, 11) is -10.1. The number of benzene rings is 5. The van der Waals surface area contributed by atoms with Gasteiger partial charge in [-0.15, -0.1) is 0 Å². The normalized spacial score (nSPS) is 11.7. The summed E-state index contributed by atoms with van der Waals surface area (Å²) in [6, 6.07) is 22.1. The van der Waals surface area contributed by atoms with Crippen molar-refractivity contribution in [1.29, 1.82) is 0 Å². The summed E-state index contributed by atoms with van der Waals surface area (Å²) in [6.07, 6.45) is 0. The fraction of sp³-hybridized carbons (Fsp3) is 0.0333. The summed E-state index contributed by atoms with van der Waals surface area (Å²) < 4.78 is 69.6. The van der Waals surface area contributed by atoms with Crippen molar-refractivity contribution >= 4 is 71.0 Å². The third kappa shape index (κ3) is 10.1. The number of aryl methyl sites for hydroxylation is 1. The van der Waals surface area contributed by atoms with Gasteiger partial charge in [-0.3, -0.25) is 14.9 Å². The van der Waals surface area contributed by atoms with Gasteiger partial charge in [-0.2, -0.15) is 20.5 Å². The number of fused-ring (bicyclic) bond motifs is 1. The van der Waals surface area contributed by atoms with Gasteiger partial charge in [0.2, 0.25) is 0 Å². The van der Waals surface area contributed by atoms with Gasteiger partial charge in [0.25, 0.3) is 11.6 Å². The molecule has 0 atom stereocenters. The predicted molar refractivity (Wildman–Crippen MR) is 167 cm³/mol. The molecule has 15 nitrogen and oxygen atoms in total. The number of carbonyl (C=O) groups excluding carboxylic acids is 1. The molecule has 5 aromatic rings. The fourth-order valence-electron chi connectivity index (χ4n) is 4.30. The minimum Gasteiger partial charge on any atom is -0.744 e. The van der Waals surface area contributed by atoms with Crippen LogP contribution in [0.2, 0.25) is 0 Å². The van der Waals surface area contributed by atoms with Crippen molar-refractivity contribution < 1.29 is 94.8 Å². The van der Waals surface area contributed by atoms with Crippen LogP contribution in [0.4, 0.5) is 34.1 Å². The first-order chi connectivity index (χ1) is 22.2. The van der Waals surface area contributed by atoms with Crippen LogP contribution in [-0.4, -0.2) is 36.8 Å². The summed E-state index contributed by atoms with van der Waals surface area (Å²) in [4.78, 5) is 21.1. The van der Waals surface area contributed by atoms with Crippen molar-refractivity contribution in [2.45, 2.75) is 16.7 Å². The number of carbonyl (C=O) groups is 1. The van der Waals surface area contributed by atoms with E-state index >= 15 is 0 Å². The molecule has 5 aromatic carbocycles. The van der Waals surface area contributed by atoms with Crippen molar-refractivity contribution in [2.75, 3.05) is 5.32 Å². The van der Waals surface area contributed by atoms with Gasteiger partial charge in [-0.1, -0.05) is 6.07 Å². The van der Waals surface area contributed by atoms with Gasteiger partial charge in [0.15, 0.2) is 0 Å². The number of azo groups is 2. The number of nitro benzene ring substituents is 1. The smallest absolute Gasteiger partial charge is 0.744 e. The molecule has 0 aromatic heterocycles. The van der Waals surface area contributed by atoms with Crippen LogP contribution in [0.5, 0.6) is 0 Å². The van der Waals surface area contributed by atoms with Crippen LogP contribution >= 0.6 is 0 Å². The fourth-order valence-corrected chi connectivity index (χ4v) is 5.62. The topological polar surface area (TPSA) is 236 Å². The molecule has 0 aliphatic rings. The van der Waals surface area contributed by atoms with Crippen LogP contribution in [0.1, 0.15) is 15.9 Å². The van der Waals surface area contributed by atoms with Gasteiger partial charge in [0.05, 0.1) is 37.5 Å². The Morgan fingerprint density at radius 2 is 1.27 bits per heavy atom. The van der Waals surface area contributed by atoms with E-state index in [4.69, 9.17) is 0 Å². The summed E-state index contributed by atoms with van der Waals surface area (Å²) in [5.74, 6) is -0.432. The minimum atomic E-state index is -5.13. The van der Waals surface area contributed by atoms with Gasteiger partial charge >= 0.3 is 59.1 Å². The van der Waals surface area contributed by atoms with Crippen molar-refractivity contribution in [2.24, 2.45) is 20.5 Å². The zero-order valence-corrected chi connectivity index (χ0v) is 31.6. The Labute approximate surface area is 323 Å². The van der Waals surface area contributed by atoms with E-state index in [1.54, 1.807) is 49.4 Å². The number of anilines is 1. The van der Waals surface area contributed by atoms with Gasteiger partial charge < -0.3 is 14.4 Å². The number of amides is 1. The first kappa shape index (κ1) is 39.7. The van der Waals surface area contributed by atoms with Gasteiger partial charge in [0, 0.05) is 28.8 Å². The largest absolute Gasteiger partial charge is 1.00 e. The average Bonchev–Trinajstić information content (AvgIpc) is 3.02. The van der Waals surface area contributed by atoms with Gasteiger partial charge in [-0.25, -0.2) is 16.8 Å². The van der Waals surface area contributed by atoms with Crippen LogP contribution in [0.15, 0.2) is 127 Å². The number of hydrogen-bond acceptors (Lipinski definition) is 13. The number of hydrogen-bond donors (Lipinski definition) is 1. The molecule has 1 N–H and O–H groups in total. The van der Waals surface area contributed by atoms with Crippen LogP contribution in [-0.2, 0) is 20.2 Å². The van der Waals surface area contributed by atoms with Crippen LogP contribution in [0.25, 0.3) is 10.8 Å². The molecule has 0 unspecified atom stereocenters. The molecule has 0 radical (unpaired) electrons. The van der Waals surface area contributed by atoms with Gasteiger partial charge in [0.1, 0.15) is 20.2 Å². The maximum atomic E-state index is 12.5. The molecule has 1 amide bonds. The van der Waals surface area contributed by atoms with Crippen molar-refractivity contribution in [1.82, 2.24) is 0 Å². The number of nitro groups is 1. The average molecular weight is 719 g/mol. The maximum Gasteiger partial charge on any atom is 1.00 e. The van der Waals surface area contributed by atoms with Crippen LogP contribution in [0, 0.1) is 17.0 Å². The maximum absolute atomic E-state index is 12.5.